The first-order valence-electron chi connectivity index (χ1n) is 7.42. The van der Waals surface area contributed by atoms with Gasteiger partial charge in [-0.25, -0.2) is 10.2 Å². The van der Waals surface area contributed by atoms with E-state index in [2.05, 4.69) is 10.5 Å². The second-order valence-electron chi connectivity index (χ2n) is 5.27. The van der Waals surface area contributed by atoms with Crippen molar-refractivity contribution in [3.8, 4) is 5.75 Å². The van der Waals surface area contributed by atoms with Gasteiger partial charge in [0, 0.05) is 5.56 Å². The SMILES string of the molecule is O=C(O)COc1c(I)cc(/C=N\NC(=O)c2cccc(C(F)(F)F)c2)cc1I. The van der Waals surface area contributed by atoms with Crippen LogP contribution in [0.25, 0.3) is 0 Å². The zero-order valence-corrected chi connectivity index (χ0v) is 18.1. The van der Waals surface area contributed by atoms with E-state index in [1.54, 1.807) is 12.1 Å². The summed E-state index contributed by atoms with van der Waals surface area (Å²) in [5, 5.41) is 12.4. The number of carboxylic acid groups (broad SMARTS) is 1. The molecular formula is C17H11F3I2N2O4. The molecule has 0 aliphatic heterocycles. The number of carbonyl (C=O) groups excluding carboxylic acids is 1. The highest BCUT2D eigenvalue weighted by molar-refractivity contribution is 14.1. The molecule has 0 bridgehead atoms. The number of benzene rings is 2. The third-order valence-corrected chi connectivity index (χ3v) is 4.79. The molecule has 28 heavy (non-hydrogen) atoms. The maximum absolute atomic E-state index is 12.7. The van der Waals surface area contributed by atoms with Gasteiger partial charge in [-0.05, 0) is 81.1 Å². The van der Waals surface area contributed by atoms with Crippen molar-refractivity contribution in [2.24, 2.45) is 5.10 Å². The summed E-state index contributed by atoms with van der Waals surface area (Å²) in [5.74, 6) is -1.48. The van der Waals surface area contributed by atoms with Crippen LogP contribution in [0.5, 0.6) is 5.75 Å². The molecule has 148 valence electrons. The van der Waals surface area contributed by atoms with Gasteiger partial charge in [-0.1, -0.05) is 6.07 Å². The summed E-state index contributed by atoms with van der Waals surface area (Å²) >= 11 is 3.93. The number of amides is 1. The Morgan fingerprint density at radius 1 is 1.18 bits per heavy atom. The molecule has 2 rings (SSSR count). The molecule has 0 saturated heterocycles. The molecule has 0 saturated carbocycles. The van der Waals surface area contributed by atoms with Gasteiger partial charge in [-0.3, -0.25) is 4.79 Å². The minimum atomic E-state index is -4.54. The van der Waals surface area contributed by atoms with Gasteiger partial charge < -0.3 is 9.84 Å². The van der Waals surface area contributed by atoms with Crippen LogP contribution in [0.2, 0.25) is 0 Å². The molecule has 0 fully saturated rings. The Balaban J connectivity index is 2.08. The van der Waals surface area contributed by atoms with E-state index in [0.717, 1.165) is 18.2 Å². The summed E-state index contributed by atoms with van der Waals surface area (Å²) < 4.78 is 44.6. The van der Waals surface area contributed by atoms with Crippen LogP contribution in [0.15, 0.2) is 41.5 Å². The zero-order chi connectivity index (χ0) is 20.9. The maximum Gasteiger partial charge on any atom is 0.416 e. The van der Waals surface area contributed by atoms with Crippen molar-refractivity contribution in [3.63, 3.8) is 0 Å². The third kappa shape index (κ3) is 6.32. The number of carboxylic acids is 1. The summed E-state index contributed by atoms with van der Waals surface area (Å²) in [6.07, 6.45) is -3.23. The van der Waals surface area contributed by atoms with Crippen molar-refractivity contribution in [3.05, 3.63) is 60.2 Å². The summed E-state index contributed by atoms with van der Waals surface area (Å²) in [7, 11) is 0. The number of hydrogen-bond donors (Lipinski definition) is 2. The van der Waals surface area contributed by atoms with E-state index < -0.39 is 30.2 Å². The average Bonchev–Trinajstić information content (AvgIpc) is 2.60. The van der Waals surface area contributed by atoms with Crippen molar-refractivity contribution in [2.45, 2.75) is 6.18 Å². The molecular weight excluding hydrogens is 607 g/mol. The van der Waals surface area contributed by atoms with Gasteiger partial charge >= 0.3 is 12.1 Å². The van der Waals surface area contributed by atoms with Crippen LogP contribution >= 0.6 is 45.2 Å². The Morgan fingerprint density at radius 3 is 2.39 bits per heavy atom. The van der Waals surface area contributed by atoms with Crippen molar-refractivity contribution in [1.82, 2.24) is 5.43 Å². The number of carbonyl (C=O) groups is 2. The first-order valence-corrected chi connectivity index (χ1v) is 9.58. The highest BCUT2D eigenvalue weighted by Gasteiger charge is 2.30. The average molecular weight is 618 g/mol. The van der Waals surface area contributed by atoms with Gasteiger partial charge in [0.15, 0.2) is 6.61 Å². The molecule has 0 aliphatic rings. The highest BCUT2D eigenvalue weighted by Crippen LogP contribution is 2.30. The lowest BCUT2D eigenvalue weighted by Crippen LogP contribution is -2.18. The molecule has 6 nitrogen and oxygen atoms in total. The summed E-state index contributed by atoms with van der Waals surface area (Å²) in [6.45, 7) is -0.480. The number of nitrogens with zero attached hydrogens (tertiary/aromatic N) is 1. The number of aliphatic carboxylic acids is 1. The molecule has 0 unspecified atom stereocenters. The predicted molar refractivity (Wildman–Crippen MR) is 112 cm³/mol. The number of alkyl halides is 3. The van der Waals surface area contributed by atoms with Crippen LogP contribution in [-0.2, 0) is 11.0 Å². The predicted octanol–water partition coefficient (Wildman–Crippen LogP) is 4.14. The van der Waals surface area contributed by atoms with Gasteiger partial charge in [-0.2, -0.15) is 18.3 Å². The lowest BCUT2D eigenvalue weighted by molar-refractivity contribution is -0.139. The fraction of sp³-hybridized carbons (Fsp3) is 0.118. The van der Waals surface area contributed by atoms with Crippen LogP contribution in [0, 0.1) is 7.14 Å². The van der Waals surface area contributed by atoms with E-state index in [1.807, 2.05) is 45.2 Å². The standard InChI is InChI=1S/C17H11F3I2N2O4/c18-17(19,20)11-3-1-2-10(6-11)16(27)24-23-7-9-4-12(21)15(13(22)5-9)28-8-14(25)26/h1-7H,8H2,(H,24,27)(H,25,26)/b23-7-. The third-order valence-electron chi connectivity index (χ3n) is 3.19. The van der Waals surface area contributed by atoms with Crippen molar-refractivity contribution in [1.29, 1.82) is 0 Å². The van der Waals surface area contributed by atoms with Gasteiger partial charge in [0.1, 0.15) is 5.75 Å². The molecule has 2 aromatic carbocycles. The lowest BCUT2D eigenvalue weighted by atomic mass is 10.1. The molecule has 0 aromatic heterocycles. The monoisotopic (exact) mass is 618 g/mol. The Morgan fingerprint density at radius 2 is 1.82 bits per heavy atom. The maximum atomic E-state index is 12.7. The lowest BCUT2D eigenvalue weighted by Gasteiger charge is -2.09. The number of hydrazone groups is 1. The van der Waals surface area contributed by atoms with Crippen LogP contribution in [-0.4, -0.2) is 29.8 Å². The number of halogens is 5. The highest BCUT2D eigenvalue weighted by atomic mass is 127. The Bertz CT molecular complexity index is 910. The van der Waals surface area contributed by atoms with Crippen LogP contribution in [0.3, 0.4) is 0 Å². The second-order valence-corrected chi connectivity index (χ2v) is 7.60. The Kier molecular flexibility index (Phi) is 7.63. The quantitative estimate of drug-likeness (QED) is 0.290. The fourth-order valence-corrected chi connectivity index (χ4v) is 4.12. The largest absolute Gasteiger partial charge is 0.480 e. The molecule has 11 heteroatoms. The van der Waals surface area contributed by atoms with E-state index >= 15 is 0 Å². The van der Waals surface area contributed by atoms with Crippen molar-refractivity contribution >= 4 is 63.3 Å². The zero-order valence-electron chi connectivity index (χ0n) is 13.8. The van der Waals surface area contributed by atoms with Crippen LogP contribution in [0.1, 0.15) is 21.5 Å². The topological polar surface area (TPSA) is 88.0 Å². The van der Waals surface area contributed by atoms with Crippen LogP contribution in [0.4, 0.5) is 13.2 Å². The molecule has 0 aliphatic carbocycles. The van der Waals surface area contributed by atoms with E-state index in [9.17, 15) is 22.8 Å². The van der Waals surface area contributed by atoms with Crippen LogP contribution < -0.4 is 10.2 Å². The second kappa shape index (κ2) is 9.54. The molecule has 0 spiro atoms. The molecule has 1 amide bonds. The number of ether oxygens (including phenoxy) is 1. The number of nitrogens with one attached hydrogen (secondary N) is 1. The summed E-state index contributed by atoms with van der Waals surface area (Å²) in [6, 6.07) is 7.31. The summed E-state index contributed by atoms with van der Waals surface area (Å²) in [5.41, 5.74) is 1.65. The Hall–Kier alpha value is -1.90. The van der Waals surface area contributed by atoms with Gasteiger partial charge in [-0.15, -0.1) is 0 Å². The van der Waals surface area contributed by atoms with E-state index in [0.29, 0.717) is 18.5 Å². The first-order chi connectivity index (χ1) is 13.1. The van der Waals surface area contributed by atoms with Gasteiger partial charge in [0.2, 0.25) is 0 Å². The van der Waals surface area contributed by atoms with Gasteiger partial charge in [0.05, 0.1) is 18.9 Å². The molecule has 0 heterocycles. The molecule has 0 radical (unpaired) electrons. The molecule has 2 N–H and O–H groups in total. The number of rotatable bonds is 6. The summed E-state index contributed by atoms with van der Waals surface area (Å²) in [4.78, 5) is 22.6. The smallest absolute Gasteiger partial charge is 0.416 e. The van der Waals surface area contributed by atoms with Gasteiger partial charge in [0.25, 0.3) is 5.91 Å². The molecule has 2 aromatic rings. The van der Waals surface area contributed by atoms with E-state index in [-0.39, 0.29) is 5.56 Å². The Labute approximate surface area is 184 Å². The minimum absolute atomic E-state index is 0.173. The van der Waals surface area contributed by atoms with Crippen molar-refractivity contribution < 1.29 is 32.6 Å². The minimum Gasteiger partial charge on any atom is -0.480 e. The molecule has 0 atom stereocenters. The normalized spacial score (nSPS) is 11.5. The van der Waals surface area contributed by atoms with E-state index in [1.165, 1.54) is 12.3 Å². The first kappa shape index (κ1) is 22.4. The number of hydrogen-bond acceptors (Lipinski definition) is 4. The van der Waals surface area contributed by atoms with E-state index in [4.69, 9.17) is 9.84 Å². The van der Waals surface area contributed by atoms with Crippen molar-refractivity contribution in [2.75, 3.05) is 6.61 Å². The fourth-order valence-electron chi connectivity index (χ4n) is 1.99.